The number of anilines is 1. The fourth-order valence-electron chi connectivity index (χ4n) is 1.27. The zero-order valence-corrected chi connectivity index (χ0v) is 11.7. The largest absolute Gasteiger partial charge is 0.399 e. The SMILES string of the molecule is Nc1ccc(Sc2cc(Cl)ccc2Cl)c(Cl)c1. The molecule has 0 aliphatic heterocycles. The summed E-state index contributed by atoms with van der Waals surface area (Å²) in [6, 6.07) is 10.7. The lowest BCUT2D eigenvalue weighted by Gasteiger charge is -2.07. The van der Waals surface area contributed by atoms with Crippen LogP contribution in [-0.2, 0) is 0 Å². The van der Waals surface area contributed by atoms with Crippen LogP contribution in [0.2, 0.25) is 15.1 Å². The fraction of sp³-hybridized carbons (Fsp3) is 0. The smallest absolute Gasteiger partial charge is 0.0565 e. The van der Waals surface area contributed by atoms with Gasteiger partial charge in [0.2, 0.25) is 0 Å². The molecule has 0 unspecified atom stereocenters. The Labute approximate surface area is 119 Å². The van der Waals surface area contributed by atoms with Crippen molar-refractivity contribution >= 4 is 52.3 Å². The third-order valence-electron chi connectivity index (χ3n) is 2.07. The Balaban J connectivity index is 2.34. The van der Waals surface area contributed by atoms with E-state index in [0.717, 1.165) is 9.79 Å². The summed E-state index contributed by atoms with van der Waals surface area (Å²) in [5.41, 5.74) is 6.27. The maximum Gasteiger partial charge on any atom is 0.0565 e. The average molecular weight is 305 g/mol. The summed E-state index contributed by atoms with van der Waals surface area (Å²) in [5.74, 6) is 0. The number of halogens is 3. The lowest BCUT2D eigenvalue weighted by molar-refractivity contribution is 1.41. The molecule has 2 rings (SSSR count). The van der Waals surface area contributed by atoms with E-state index in [2.05, 4.69) is 0 Å². The van der Waals surface area contributed by atoms with Gasteiger partial charge in [-0.2, -0.15) is 0 Å². The second-order valence-electron chi connectivity index (χ2n) is 3.37. The van der Waals surface area contributed by atoms with Crippen molar-refractivity contribution in [2.75, 3.05) is 5.73 Å². The molecule has 1 nitrogen and oxygen atoms in total. The van der Waals surface area contributed by atoms with Gasteiger partial charge in [0.25, 0.3) is 0 Å². The van der Waals surface area contributed by atoms with Gasteiger partial charge in [-0.1, -0.05) is 46.6 Å². The Bertz CT molecular complexity index is 557. The molecule has 0 atom stereocenters. The minimum Gasteiger partial charge on any atom is -0.399 e. The van der Waals surface area contributed by atoms with Crippen molar-refractivity contribution in [2.45, 2.75) is 9.79 Å². The monoisotopic (exact) mass is 303 g/mol. The molecule has 2 aromatic rings. The standard InChI is InChI=1S/C12H8Cl3NS/c13-7-1-3-9(14)12(5-7)17-11-4-2-8(16)6-10(11)15/h1-6H,16H2. The quantitative estimate of drug-likeness (QED) is 0.754. The predicted octanol–water partition coefficient (Wildman–Crippen LogP) is 5.38. The third-order valence-corrected chi connectivity index (χ3v) is 4.30. The topological polar surface area (TPSA) is 26.0 Å². The van der Waals surface area contributed by atoms with E-state index in [1.807, 2.05) is 6.07 Å². The molecule has 0 spiro atoms. The first-order valence-electron chi connectivity index (χ1n) is 4.74. The van der Waals surface area contributed by atoms with Gasteiger partial charge >= 0.3 is 0 Å². The minimum atomic E-state index is 0.603. The van der Waals surface area contributed by atoms with E-state index in [1.165, 1.54) is 11.8 Å². The number of hydrogen-bond acceptors (Lipinski definition) is 2. The van der Waals surface area contributed by atoms with Crippen LogP contribution in [0.1, 0.15) is 0 Å². The van der Waals surface area contributed by atoms with E-state index in [9.17, 15) is 0 Å². The highest BCUT2D eigenvalue weighted by Crippen LogP contribution is 2.38. The predicted molar refractivity (Wildman–Crippen MR) is 76.4 cm³/mol. The van der Waals surface area contributed by atoms with Crippen molar-refractivity contribution in [1.29, 1.82) is 0 Å². The van der Waals surface area contributed by atoms with Gasteiger partial charge in [0, 0.05) is 20.5 Å². The molecule has 0 bridgehead atoms. The summed E-state index contributed by atoms with van der Waals surface area (Å²) in [4.78, 5) is 1.76. The molecule has 0 amide bonds. The van der Waals surface area contributed by atoms with E-state index < -0.39 is 0 Å². The van der Waals surface area contributed by atoms with Crippen molar-refractivity contribution in [3.05, 3.63) is 51.5 Å². The van der Waals surface area contributed by atoms with Gasteiger partial charge in [-0.05, 0) is 36.4 Å². The summed E-state index contributed by atoms with van der Waals surface area (Å²) in [6.45, 7) is 0. The molecule has 0 aliphatic carbocycles. The number of hydrogen-bond donors (Lipinski definition) is 1. The van der Waals surface area contributed by atoms with Crippen molar-refractivity contribution < 1.29 is 0 Å². The van der Waals surface area contributed by atoms with Gasteiger partial charge in [0.1, 0.15) is 0 Å². The number of rotatable bonds is 2. The molecule has 17 heavy (non-hydrogen) atoms. The fourth-order valence-corrected chi connectivity index (χ4v) is 2.93. The molecular weight excluding hydrogens is 297 g/mol. The Hall–Kier alpha value is -0.540. The second-order valence-corrected chi connectivity index (χ2v) is 5.70. The Kier molecular flexibility index (Phi) is 4.10. The zero-order valence-electron chi connectivity index (χ0n) is 8.58. The normalized spacial score (nSPS) is 10.5. The van der Waals surface area contributed by atoms with Crippen LogP contribution in [0, 0.1) is 0 Å². The van der Waals surface area contributed by atoms with E-state index >= 15 is 0 Å². The van der Waals surface area contributed by atoms with Crippen LogP contribution in [0.5, 0.6) is 0 Å². The molecule has 0 heterocycles. The van der Waals surface area contributed by atoms with Crippen molar-refractivity contribution in [1.82, 2.24) is 0 Å². The molecule has 2 N–H and O–H groups in total. The van der Waals surface area contributed by atoms with Crippen LogP contribution in [-0.4, -0.2) is 0 Å². The molecule has 0 fully saturated rings. The summed E-state index contributed by atoms with van der Waals surface area (Å²) < 4.78 is 0. The van der Waals surface area contributed by atoms with Crippen molar-refractivity contribution in [3.8, 4) is 0 Å². The average Bonchev–Trinajstić information content (AvgIpc) is 2.27. The van der Waals surface area contributed by atoms with Crippen molar-refractivity contribution in [2.24, 2.45) is 0 Å². The molecule has 0 radical (unpaired) electrons. The minimum absolute atomic E-state index is 0.603. The summed E-state index contributed by atoms with van der Waals surface area (Å²) in [5, 5.41) is 1.89. The van der Waals surface area contributed by atoms with Crippen LogP contribution in [0.3, 0.4) is 0 Å². The first-order chi connectivity index (χ1) is 8.06. The Morgan fingerprint density at radius 3 is 2.29 bits per heavy atom. The summed E-state index contributed by atoms with van der Waals surface area (Å²) in [6.07, 6.45) is 0. The summed E-state index contributed by atoms with van der Waals surface area (Å²) in [7, 11) is 0. The molecule has 0 aliphatic rings. The number of benzene rings is 2. The number of nitrogen functional groups attached to an aromatic ring is 1. The Morgan fingerprint density at radius 2 is 1.59 bits per heavy atom. The van der Waals surface area contributed by atoms with Gasteiger partial charge in [-0.25, -0.2) is 0 Å². The molecule has 5 heteroatoms. The molecular formula is C12H8Cl3NS. The third kappa shape index (κ3) is 3.23. The van der Waals surface area contributed by atoms with Gasteiger partial charge in [-0.3, -0.25) is 0 Å². The van der Waals surface area contributed by atoms with Gasteiger partial charge < -0.3 is 5.73 Å². The number of nitrogens with two attached hydrogens (primary N) is 1. The highest BCUT2D eigenvalue weighted by atomic mass is 35.5. The van der Waals surface area contributed by atoms with Crippen LogP contribution < -0.4 is 5.73 Å². The highest BCUT2D eigenvalue weighted by Gasteiger charge is 2.07. The molecule has 0 saturated heterocycles. The van der Waals surface area contributed by atoms with E-state index in [1.54, 1.807) is 30.3 Å². The van der Waals surface area contributed by atoms with Crippen molar-refractivity contribution in [3.63, 3.8) is 0 Å². The van der Waals surface area contributed by atoms with Crippen LogP contribution in [0.15, 0.2) is 46.2 Å². The highest BCUT2D eigenvalue weighted by molar-refractivity contribution is 7.99. The van der Waals surface area contributed by atoms with Crippen LogP contribution >= 0.6 is 46.6 Å². The first-order valence-corrected chi connectivity index (χ1v) is 6.69. The molecule has 0 aromatic heterocycles. The Morgan fingerprint density at radius 1 is 0.824 bits per heavy atom. The summed E-state index contributed by atoms with van der Waals surface area (Å²) >= 11 is 19.6. The molecule has 88 valence electrons. The maximum absolute atomic E-state index is 6.09. The zero-order chi connectivity index (χ0) is 12.4. The van der Waals surface area contributed by atoms with Gasteiger partial charge in [0.15, 0.2) is 0 Å². The van der Waals surface area contributed by atoms with E-state index in [4.69, 9.17) is 40.5 Å². The molecule has 0 saturated carbocycles. The maximum atomic E-state index is 6.09. The lowest BCUT2D eigenvalue weighted by atomic mass is 10.3. The van der Waals surface area contributed by atoms with Gasteiger partial charge in [-0.15, -0.1) is 0 Å². The molecule has 2 aromatic carbocycles. The lowest BCUT2D eigenvalue weighted by Crippen LogP contribution is -1.85. The van der Waals surface area contributed by atoms with E-state index in [-0.39, 0.29) is 0 Å². The first kappa shape index (κ1) is 12.9. The van der Waals surface area contributed by atoms with E-state index in [0.29, 0.717) is 20.8 Å². The second kappa shape index (κ2) is 5.40. The van der Waals surface area contributed by atoms with Crippen LogP contribution in [0.4, 0.5) is 5.69 Å². The van der Waals surface area contributed by atoms with Crippen LogP contribution in [0.25, 0.3) is 0 Å². The van der Waals surface area contributed by atoms with Gasteiger partial charge in [0.05, 0.1) is 10.0 Å².